The minimum atomic E-state index is -0.552. The molecule has 7 nitrogen and oxygen atoms in total. The molecule has 2 aliphatic rings. The van der Waals surface area contributed by atoms with Crippen molar-refractivity contribution in [2.24, 2.45) is 0 Å². The van der Waals surface area contributed by atoms with Gasteiger partial charge in [-0.1, -0.05) is 35.8 Å². The van der Waals surface area contributed by atoms with Gasteiger partial charge in [-0.2, -0.15) is 0 Å². The molecular weight excluding hydrogens is 474 g/mol. The standard InChI is InChI=1S/C22H32BrN3O4.C2H6/c1-14(2)29-17-12-26(13-17)20(27)24-19-8-9-25(21(28)30-22(3,4)5)11-15-10-16(23)6-7-18(15)19;1-2/h6-7,10,14,17,19H,8-9,11-13H2,1-5H3,(H,24,27);1-2H3. The number of hydrogen-bond donors (Lipinski definition) is 1. The number of nitrogens with one attached hydrogen (secondary N) is 1. The monoisotopic (exact) mass is 511 g/mol. The second-order valence-electron chi connectivity index (χ2n) is 9.25. The normalized spacial score (nSPS) is 18.7. The third-order valence-corrected chi connectivity index (χ3v) is 5.57. The number of benzene rings is 1. The largest absolute Gasteiger partial charge is 0.444 e. The molecule has 3 amide bonds. The van der Waals surface area contributed by atoms with Gasteiger partial charge in [0, 0.05) is 17.6 Å². The van der Waals surface area contributed by atoms with Crippen LogP contribution in [0.1, 0.15) is 72.1 Å². The van der Waals surface area contributed by atoms with Gasteiger partial charge in [0.2, 0.25) is 0 Å². The molecule has 0 radical (unpaired) electrons. The molecule has 2 aliphatic heterocycles. The Morgan fingerprint density at radius 3 is 2.41 bits per heavy atom. The molecule has 0 spiro atoms. The number of carbonyl (C=O) groups excluding carboxylic acids is 2. The van der Waals surface area contributed by atoms with Gasteiger partial charge in [0.15, 0.2) is 0 Å². The topological polar surface area (TPSA) is 71.1 Å². The first-order valence-corrected chi connectivity index (χ1v) is 12.3. The SMILES string of the molecule is CC.CC(C)OC1CN(C(=O)NC2CCN(C(=O)OC(C)(C)C)Cc3cc(Br)ccc32)C1. The lowest BCUT2D eigenvalue weighted by Crippen LogP contribution is -2.58. The van der Waals surface area contributed by atoms with Crippen molar-refractivity contribution in [2.45, 2.75) is 85.3 Å². The summed E-state index contributed by atoms with van der Waals surface area (Å²) in [7, 11) is 0. The highest BCUT2D eigenvalue weighted by atomic mass is 79.9. The maximum absolute atomic E-state index is 12.8. The van der Waals surface area contributed by atoms with Crippen LogP contribution < -0.4 is 5.32 Å². The van der Waals surface area contributed by atoms with Crippen molar-refractivity contribution in [1.82, 2.24) is 15.1 Å². The van der Waals surface area contributed by atoms with E-state index in [0.717, 1.165) is 15.6 Å². The van der Waals surface area contributed by atoms with Gasteiger partial charge in [-0.3, -0.25) is 0 Å². The maximum Gasteiger partial charge on any atom is 0.410 e. The van der Waals surface area contributed by atoms with E-state index in [1.165, 1.54) is 0 Å². The molecule has 0 aliphatic carbocycles. The van der Waals surface area contributed by atoms with E-state index in [4.69, 9.17) is 9.47 Å². The Hall–Kier alpha value is -1.80. The van der Waals surface area contributed by atoms with Crippen LogP contribution in [0.2, 0.25) is 0 Å². The van der Waals surface area contributed by atoms with Gasteiger partial charge in [-0.15, -0.1) is 0 Å². The van der Waals surface area contributed by atoms with Crippen LogP contribution >= 0.6 is 15.9 Å². The maximum atomic E-state index is 12.8. The summed E-state index contributed by atoms with van der Waals surface area (Å²) < 4.78 is 12.2. The first-order valence-electron chi connectivity index (χ1n) is 11.5. The van der Waals surface area contributed by atoms with Gasteiger partial charge < -0.3 is 24.6 Å². The second kappa shape index (κ2) is 11.4. The van der Waals surface area contributed by atoms with E-state index in [9.17, 15) is 9.59 Å². The number of hydrogen-bond acceptors (Lipinski definition) is 4. The molecule has 1 aromatic rings. The molecule has 3 rings (SSSR count). The van der Waals surface area contributed by atoms with Gasteiger partial charge in [-0.25, -0.2) is 9.59 Å². The van der Waals surface area contributed by atoms with Crippen molar-refractivity contribution in [3.05, 3.63) is 33.8 Å². The van der Waals surface area contributed by atoms with Crippen LogP contribution in [-0.4, -0.2) is 59.4 Å². The minimum Gasteiger partial charge on any atom is -0.444 e. The molecular formula is C24H38BrN3O4. The van der Waals surface area contributed by atoms with Crippen LogP contribution in [0.25, 0.3) is 0 Å². The fourth-order valence-electron chi connectivity index (χ4n) is 3.72. The molecule has 8 heteroatoms. The second-order valence-corrected chi connectivity index (χ2v) is 10.2. The Morgan fingerprint density at radius 1 is 1.16 bits per heavy atom. The summed E-state index contributed by atoms with van der Waals surface area (Å²) >= 11 is 3.52. The average molecular weight is 512 g/mol. The summed E-state index contributed by atoms with van der Waals surface area (Å²) in [6, 6.07) is 5.73. The molecule has 1 fully saturated rings. The number of fused-ring (bicyclic) bond motifs is 1. The highest BCUT2D eigenvalue weighted by Crippen LogP contribution is 2.30. The molecule has 1 atom stereocenters. The number of urea groups is 1. The summed E-state index contributed by atoms with van der Waals surface area (Å²) in [5.74, 6) is 0. The number of ether oxygens (including phenoxy) is 2. The molecule has 180 valence electrons. The molecule has 1 saturated heterocycles. The lowest BCUT2D eigenvalue weighted by molar-refractivity contribution is -0.0644. The van der Waals surface area contributed by atoms with E-state index >= 15 is 0 Å². The van der Waals surface area contributed by atoms with Crippen molar-refractivity contribution < 1.29 is 19.1 Å². The van der Waals surface area contributed by atoms with Crippen molar-refractivity contribution >= 4 is 28.1 Å². The van der Waals surface area contributed by atoms with E-state index in [1.807, 2.05) is 66.7 Å². The van der Waals surface area contributed by atoms with Crippen molar-refractivity contribution in [3.63, 3.8) is 0 Å². The molecule has 32 heavy (non-hydrogen) atoms. The number of amides is 3. The molecule has 1 aromatic carbocycles. The zero-order valence-electron chi connectivity index (χ0n) is 20.4. The van der Waals surface area contributed by atoms with Crippen LogP contribution in [0.15, 0.2) is 22.7 Å². The summed E-state index contributed by atoms with van der Waals surface area (Å²) in [6.07, 6.45) is 0.554. The van der Waals surface area contributed by atoms with Crippen LogP contribution in [0.5, 0.6) is 0 Å². The number of carbonyl (C=O) groups is 2. The van der Waals surface area contributed by atoms with Gasteiger partial charge in [0.1, 0.15) is 5.60 Å². The fourth-order valence-corrected chi connectivity index (χ4v) is 4.13. The number of rotatable bonds is 3. The van der Waals surface area contributed by atoms with E-state index < -0.39 is 5.60 Å². The van der Waals surface area contributed by atoms with E-state index in [2.05, 4.69) is 21.2 Å². The van der Waals surface area contributed by atoms with Crippen LogP contribution in [-0.2, 0) is 16.0 Å². The third kappa shape index (κ3) is 7.37. The van der Waals surface area contributed by atoms with E-state index in [0.29, 0.717) is 32.6 Å². The van der Waals surface area contributed by atoms with E-state index in [1.54, 1.807) is 9.80 Å². The Labute approximate surface area is 200 Å². The molecule has 2 heterocycles. The molecule has 0 aromatic heterocycles. The molecule has 1 N–H and O–H groups in total. The predicted octanol–water partition coefficient (Wildman–Crippen LogP) is 5.48. The average Bonchev–Trinajstić information content (AvgIpc) is 2.83. The summed E-state index contributed by atoms with van der Waals surface area (Å²) in [5.41, 5.74) is 1.49. The summed E-state index contributed by atoms with van der Waals surface area (Å²) in [6.45, 7) is 15.7. The zero-order chi connectivity index (χ0) is 24.1. The van der Waals surface area contributed by atoms with Crippen LogP contribution in [0.4, 0.5) is 9.59 Å². The first-order chi connectivity index (χ1) is 15.0. The highest BCUT2D eigenvalue weighted by molar-refractivity contribution is 9.10. The van der Waals surface area contributed by atoms with Crippen LogP contribution in [0.3, 0.4) is 0 Å². The lowest BCUT2D eigenvalue weighted by Gasteiger charge is -2.40. The number of nitrogens with zero attached hydrogens (tertiary/aromatic N) is 2. The van der Waals surface area contributed by atoms with Gasteiger partial charge in [0.25, 0.3) is 0 Å². The van der Waals surface area contributed by atoms with Crippen molar-refractivity contribution in [2.75, 3.05) is 19.6 Å². The summed E-state index contributed by atoms with van der Waals surface area (Å²) in [5, 5.41) is 3.16. The smallest absolute Gasteiger partial charge is 0.410 e. The Morgan fingerprint density at radius 2 is 1.81 bits per heavy atom. The third-order valence-electron chi connectivity index (χ3n) is 5.08. The number of likely N-dealkylation sites (tertiary alicyclic amines) is 1. The molecule has 0 bridgehead atoms. The van der Waals surface area contributed by atoms with E-state index in [-0.39, 0.29) is 30.4 Å². The lowest BCUT2D eigenvalue weighted by atomic mass is 9.99. The van der Waals surface area contributed by atoms with Crippen molar-refractivity contribution in [1.29, 1.82) is 0 Å². The Balaban J connectivity index is 0.00000176. The quantitative estimate of drug-likeness (QED) is 0.583. The minimum absolute atomic E-state index is 0.0943. The van der Waals surface area contributed by atoms with Crippen LogP contribution in [0, 0.1) is 0 Å². The van der Waals surface area contributed by atoms with Gasteiger partial charge >= 0.3 is 12.1 Å². The number of halogens is 1. The first kappa shape index (κ1) is 26.5. The highest BCUT2D eigenvalue weighted by Gasteiger charge is 2.34. The zero-order valence-corrected chi connectivity index (χ0v) is 22.0. The Kier molecular flexibility index (Phi) is 9.40. The van der Waals surface area contributed by atoms with Gasteiger partial charge in [0.05, 0.1) is 31.3 Å². The van der Waals surface area contributed by atoms with Gasteiger partial charge in [-0.05, 0) is 64.3 Å². The summed E-state index contributed by atoms with van der Waals surface area (Å²) in [4.78, 5) is 28.9. The molecule has 0 saturated carbocycles. The Bertz CT molecular complexity index is 788. The fraction of sp³-hybridized carbons (Fsp3) is 0.667. The molecule has 1 unspecified atom stereocenters. The van der Waals surface area contributed by atoms with Crippen molar-refractivity contribution in [3.8, 4) is 0 Å². The predicted molar refractivity (Wildman–Crippen MR) is 130 cm³/mol.